The molecule has 0 amide bonds. The minimum absolute atomic E-state index is 0.00697. The first-order chi connectivity index (χ1) is 11.7. The number of carboxylic acids is 1. The van der Waals surface area contributed by atoms with E-state index in [1.165, 1.54) is 0 Å². The summed E-state index contributed by atoms with van der Waals surface area (Å²) in [4.78, 5) is 17.2. The minimum atomic E-state index is -1.01. The Bertz CT molecular complexity index is 633. The van der Waals surface area contributed by atoms with Gasteiger partial charge in [-0.05, 0) is 30.4 Å². The Labute approximate surface area is 148 Å². The van der Waals surface area contributed by atoms with Crippen molar-refractivity contribution in [2.75, 3.05) is 18.0 Å². The Hall–Kier alpha value is -1.66. The zero-order valence-electron chi connectivity index (χ0n) is 15.2. The van der Waals surface area contributed by atoms with Gasteiger partial charge in [0.15, 0.2) is 0 Å². The van der Waals surface area contributed by atoms with Gasteiger partial charge in [-0.1, -0.05) is 20.8 Å². The number of hydrogen-bond acceptors (Lipinski definition) is 5. The second-order valence-corrected chi connectivity index (χ2v) is 8.44. The first-order valence-corrected chi connectivity index (χ1v) is 8.99. The monoisotopic (exact) mass is 348 g/mol. The number of ether oxygens (including phenoxy) is 1. The number of aromatic nitrogens is 1. The molecule has 0 unspecified atom stereocenters. The molecule has 2 atom stereocenters. The molecule has 0 aliphatic carbocycles. The molecule has 2 N–H and O–H groups in total. The van der Waals surface area contributed by atoms with Crippen LogP contribution in [0.25, 0.3) is 0 Å². The molecule has 0 bridgehead atoms. The third-order valence-electron chi connectivity index (χ3n) is 5.45. The maximum Gasteiger partial charge on any atom is 0.354 e. The number of carboxylic acid groups (broad SMARTS) is 1. The average molecular weight is 348 g/mol. The molecule has 3 rings (SSSR count). The Morgan fingerprint density at radius 1 is 1.36 bits per heavy atom. The Morgan fingerprint density at radius 2 is 2.04 bits per heavy atom. The van der Waals surface area contributed by atoms with Crippen LogP contribution in [0.3, 0.4) is 0 Å². The molecule has 2 saturated heterocycles. The van der Waals surface area contributed by atoms with Gasteiger partial charge in [0.05, 0.1) is 17.8 Å². The number of nitrogens with zero attached hydrogens (tertiary/aromatic N) is 2. The van der Waals surface area contributed by atoms with Gasteiger partial charge >= 0.3 is 5.97 Å². The number of aromatic carboxylic acids is 1. The molecule has 2 aliphatic heterocycles. The van der Waals surface area contributed by atoms with Crippen molar-refractivity contribution >= 4 is 11.7 Å². The molecule has 6 nitrogen and oxygen atoms in total. The Balaban J connectivity index is 1.70. The van der Waals surface area contributed by atoms with Gasteiger partial charge in [0.2, 0.25) is 0 Å². The minimum Gasteiger partial charge on any atom is -0.477 e. The van der Waals surface area contributed by atoms with E-state index in [-0.39, 0.29) is 28.9 Å². The molecule has 2 fully saturated rings. The topological polar surface area (TPSA) is 82.9 Å². The third kappa shape index (κ3) is 3.96. The van der Waals surface area contributed by atoms with Crippen LogP contribution in [0.2, 0.25) is 0 Å². The van der Waals surface area contributed by atoms with Crippen LogP contribution in [0, 0.1) is 5.41 Å². The molecule has 3 heterocycles. The highest BCUT2D eigenvalue weighted by Gasteiger charge is 2.46. The molecule has 0 saturated carbocycles. The molecule has 25 heavy (non-hydrogen) atoms. The van der Waals surface area contributed by atoms with Crippen LogP contribution in [0.4, 0.5) is 5.69 Å². The van der Waals surface area contributed by atoms with Crippen LogP contribution < -0.4 is 4.90 Å². The quantitative estimate of drug-likeness (QED) is 0.855. The lowest BCUT2D eigenvalue weighted by Gasteiger charge is -2.51. The van der Waals surface area contributed by atoms with Crippen molar-refractivity contribution in [2.45, 2.75) is 64.3 Å². The third-order valence-corrected chi connectivity index (χ3v) is 5.45. The van der Waals surface area contributed by atoms with E-state index in [9.17, 15) is 9.90 Å². The standard InChI is InChI=1S/C19H28N2O4/c1-18(2,3)16-11-14(22)12-19(25-16)5-8-21(9-6-19)13-4-7-20-15(10-13)17(23)24/h4,7,10,14,16,22H,5-6,8-9,11-12H2,1-3H3,(H,23,24)/t14-,16-/m1/s1. The van der Waals surface area contributed by atoms with Crippen LogP contribution in [-0.2, 0) is 4.74 Å². The van der Waals surface area contributed by atoms with E-state index in [2.05, 4.69) is 30.7 Å². The molecule has 138 valence electrons. The van der Waals surface area contributed by atoms with Gasteiger partial charge in [-0.2, -0.15) is 0 Å². The SMILES string of the molecule is CC(C)(C)[C@H]1C[C@@H](O)CC2(CCN(c3ccnc(C(=O)O)c3)CC2)O1. The highest BCUT2D eigenvalue weighted by atomic mass is 16.5. The molecule has 1 aromatic heterocycles. The number of piperidine rings is 1. The molecule has 0 radical (unpaired) electrons. The molecule has 0 aromatic carbocycles. The van der Waals surface area contributed by atoms with E-state index in [1.54, 1.807) is 12.3 Å². The second-order valence-electron chi connectivity index (χ2n) is 8.44. The first-order valence-electron chi connectivity index (χ1n) is 8.99. The summed E-state index contributed by atoms with van der Waals surface area (Å²) in [5.74, 6) is -1.01. The number of carbonyl (C=O) groups is 1. The predicted octanol–water partition coefficient (Wildman–Crippen LogP) is 2.70. The molecule has 2 aliphatic rings. The number of anilines is 1. The predicted molar refractivity (Wildman–Crippen MR) is 94.9 cm³/mol. The lowest BCUT2D eigenvalue weighted by atomic mass is 9.76. The Morgan fingerprint density at radius 3 is 2.64 bits per heavy atom. The lowest BCUT2D eigenvalue weighted by Crippen LogP contribution is -2.55. The first kappa shape index (κ1) is 18.1. The van der Waals surface area contributed by atoms with Crippen molar-refractivity contribution in [3.05, 3.63) is 24.0 Å². The van der Waals surface area contributed by atoms with Gasteiger partial charge in [0, 0.05) is 37.8 Å². The fraction of sp³-hybridized carbons (Fsp3) is 0.684. The number of rotatable bonds is 2. The van der Waals surface area contributed by atoms with Gasteiger partial charge in [-0.25, -0.2) is 9.78 Å². The van der Waals surface area contributed by atoms with Crippen LogP contribution in [0.5, 0.6) is 0 Å². The maximum absolute atomic E-state index is 11.1. The van der Waals surface area contributed by atoms with Crippen LogP contribution in [-0.4, -0.2) is 52.1 Å². The van der Waals surface area contributed by atoms with E-state index < -0.39 is 5.97 Å². The van der Waals surface area contributed by atoms with Crippen molar-refractivity contribution in [2.24, 2.45) is 5.41 Å². The molecule has 1 spiro atoms. The van der Waals surface area contributed by atoms with E-state index >= 15 is 0 Å². The molecule has 1 aromatic rings. The highest BCUT2D eigenvalue weighted by Crippen LogP contribution is 2.42. The average Bonchev–Trinajstić information content (AvgIpc) is 2.54. The van der Waals surface area contributed by atoms with Gasteiger partial charge < -0.3 is 19.8 Å². The summed E-state index contributed by atoms with van der Waals surface area (Å²) in [7, 11) is 0. The summed E-state index contributed by atoms with van der Waals surface area (Å²) in [6, 6.07) is 3.47. The Kier molecular flexibility index (Phi) is 4.77. The smallest absolute Gasteiger partial charge is 0.354 e. The summed E-state index contributed by atoms with van der Waals surface area (Å²) in [5, 5.41) is 19.5. The molecule has 6 heteroatoms. The van der Waals surface area contributed by atoms with Crippen molar-refractivity contribution < 1.29 is 19.7 Å². The van der Waals surface area contributed by atoms with Crippen LogP contribution >= 0.6 is 0 Å². The van der Waals surface area contributed by atoms with E-state index in [1.807, 2.05) is 6.07 Å². The van der Waals surface area contributed by atoms with Gasteiger partial charge in [0.1, 0.15) is 5.69 Å². The van der Waals surface area contributed by atoms with Crippen molar-refractivity contribution in [3.8, 4) is 0 Å². The van der Waals surface area contributed by atoms with Crippen molar-refractivity contribution in [3.63, 3.8) is 0 Å². The zero-order chi connectivity index (χ0) is 18.2. The van der Waals surface area contributed by atoms with E-state index in [0.29, 0.717) is 12.8 Å². The summed E-state index contributed by atoms with van der Waals surface area (Å²) < 4.78 is 6.50. The second kappa shape index (κ2) is 6.57. The number of aliphatic hydroxyl groups is 1. The summed E-state index contributed by atoms with van der Waals surface area (Å²) in [6.45, 7) is 8.04. The summed E-state index contributed by atoms with van der Waals surface area (Å²) in [5.41, 5.74) is 0.683. The van der Waals surface area contributed by atoms with Crippen molar-refractivity contribution in [1.82, 2.24) is 4.98 Å². The normalized spacial score (nSPS) is 26.6. The molecular formula is C19H28N2O4. The fourth-order valence-electron chi connectivity index (χ4n) is 3.92. The fourth-order valence-corrected chi connectivity index (χ4v) is 3.92. The highest BCUT2D eigenvalue weighted by molar-refractivity contribution is 5.86. The number of hydrogen-bond donors (Lipinski definition) is 2. The number of pyridine rings is 1. The van der Waals surface area contributed by atoms with Gasteiger partial charge in [-0.3, -0.25) is 0 Å². The summed E-state index contributed by atoms with van der Waals surface area (Å²) in [6.07, 6.45) is 4.33. The van der Waals surface area contributed by atoms with Crippen molar-refractivity contribution in [1.29, 1.82) is 0 Å². The number of aliphatic hydroxyl groups excluding tert-OH is 1. The maximum atomic E-state index is 11.1. The molecular weight excluding hydrogens is 320 g/mol. The van der Waals surface area contributed by atoms with Crippen LogP contribution in [0.1, 0.15) is 56.9 Å². The van der Waals surface area contributed by atoms with E-state index in [4.69, 9.17) is 9.84 Å². The lowest BCUT2D eigenvalue weighted by molar-refractivity contribution is -0.199. The van der Waals surface area contributed by atoms with Gasteiger partial charge in [-0.15, -0.1) is 0 Å². The summed E-state index contributed by atoms with van der Waals surface area (Å²) >= 11 is 0. The largest absolute Gasteiger partial charge is 0.477 e. The zero-order valence-corrected chi connectivity index (χ0v) is 15.2. The van der Waals surface area contributed by atoms with Crippen LogP contribution in [0.15, 0.2) is 18.3 Å². The van der Waals surface area contributed by atoms with Gasteiger partial charge in [0.25, 0.3) is 0 Å². The van der Waals surface area contributed by atoms with E-state index in [0.717, 1.165) is 31.6 Å².